The van der Waals surface area contributed by atoms with Gasteiger partial charge >= 0.3 is 180 Å². The summed E-state index contributed by atoms with van der Waals surface area (Å²) in [6, 6.07) is 31.2. The summed E-state index contributed by atoms with van der Waals surface area (Å²) in [5.74, 6) is 0. The summed E-state index contributed by atoms with van der Waals surface area (Å²) in [6.07, 6.45) is 10.6. The molecular weight excluding hydrogens is 384 g/mol. The molecule has 2 aliphatic rings. The van der Waals surface area contributed by atoms with Crippen molar-refractivity contribution < 1.29 is 17.4 Å². The maximum atomic E-state index is 2.49. The molecule has 1 heteroatoms. The quantitative estimate of drug-likeness (QED) is 0.413. The molecule has 3 aromatic carbocycles. The van der Waals surface area contributed by atoms with Gasteiger partial charge in [-0.25, -0.2) is 0 Å². The first-order chi connectivity index (χ1) is 14.3. The van der Waals surface area contributed by atoms with Crippen molar-refractivity contribution in [3.8, 4) is 0 Å². The average molecular weight is 408 g/mol. The second-order valence-corrected chi connectivity index (χ2v) is 11.7. The fourth-order valence-electron chi connectivity index (χ4n) is 4.62. The van der Waals surface area contributed by atoms with E-state index in [4.69, 9.17) is 0 Å². The Morgan fingerprint density at radius 1 is 0.759 bits per heavy atom. The zero-order chi connectivity index (χ0) is 19.6. The third kappa shape index (κ3) is 3.48. The van der Waals surface area contributed by atoms with Gasteiger partial charge in [-0.05, 0) is 0 Å². The molecule has 2 aliphatic carbocycles. The van der Waals surface area contributed by atoms with Gasteiger partial charge in [0.1, 0.15) is 0 Å². The number of hydrogen-bond acceptors (Lipinski definition) is 0. The van der Waals surface area contributed by atoms with Crippen LogP contribution in [-0.2, 0) is 17.4 Å². The summed E-state index contributed by atoms with van der Waals surface area (Å²) < 4.78 is 3.82. The monoisotopic (exact) mass is 408 g/mol. The van der Waals surface area contributed by atoms with Crippen LogP contribution in [-0.4, -0.2) is 3.81 Å². The molecule has 0 nitrogen and oxygen atoms in total. The van der Waals surface area contributed by atoms with Crippen molar-refractivity contribution >= 4 is 9.89 Å². The van der Waals surface area contributed by atoms with E-state index in [2.05, 4.69) is 116 Å². The molecule has 0 heterocycles. The zero-order valence-electron chi connectivity index (χ0n) is 16.7. The van der Waals surface area contributed by atoms with E-state index in [9.17, 15) is 0 Å². The van der Waals surface area contributed by atoms with Gasteiger partial charge in [0, 0.05) is 0 Å². The molecular formula is C28H24Ti. The molecule has 1 atom stereocenters. The van der Waals surface area contributed by atoms with Crippen LogP contribution in [0.15, 0.2) is 113 Å². The SMILES string of the molecule is CC1=[C]([Ti](=[C](c2ccccc2)c2ccccc2)[CH]2C=Cc3ccccc32)CC=C1. The van der Waals surface area contributed by atoms with Gasteiger partial charge in [-0.15, -0.1) is 0 Å². The molecule has 1 unspecified atom stereocenters. The van der Waals surface area contributed by atoms with Crippen molar-refractivity contribution in [1.29, 1.82) is 0 Å². The van der Waals surface area contributed by atoms with E-state index >= 15 is 0 Å². The topological polar surface area (TPSA) is 0 Å². The molecule has 5 rings (SSSR count). The molecule has 0 radical (unpaired) electrons. The first kappa shape index (κ1) is 18.5. The second kappa shape index (κ2) is 8.07. The number of hydrogen-bond donors (Lipinski definition) is 0. The summed E-state index contributed by atoms with van der Waals surface area (Å²) in [6.45, 7) is 2.31. The second-order valence-electron chi connectivity index (χ2n) is 7.75. The number of allylic oxidation sites excluding steroid dienone is 5. The molecule has 0 spiro atoms. The van der Waals surface area contributed by atoms with E-state index in [1.807, 2.05) is 0 Å². The molecule has 0 saturated carbocycles. The van der Waals surface area contributed by atoms with E-state index in [1.54, 1.807) is 7.69 Å². The Bertz CT molecular complexity index is 1120. The first-order valence-corrected chi connectivity index (χ1v) is 12.8. The van der Waals surface area contributed by atoms with Crippen LogP contribution in [0.5, 0.6) is 0 Å². The number of benzene rings is 3. The Labute approximate surface area is 179 Å². The summed E-state index contributed by atoms with van der Waals surface area (Å²) in [5, 5.41) is 0. The third-order valence-electron chi connectivity index (χ3n) is 6.00. The van der Waals surface area contributed by atoms with Crippen LogP contribution in [0.4, 0.5) is 0 Å². The standard InChI is InChI=1S/C13H10.C9H7.C6H7.Ti/c1-3-7-12(8-4-1)11-13-9-5-2-6-10-13;1-2-5-9-7-3-6-8(9)4-1;1-6-4-2-3-5-6;/h1-10H;1-7H;2,4H,3H2,1H3;. The molecule has 0 amide bonds. The minimum atomic E-state index is -1.93. The molecule has 3 aromatic rings. The van der Waals surface area contributed by atoms with Crippen LogP contribution in [0, 0.1) is 0 Å². The molecule has 0 fully saturated rings. The summed E-state index contributed by atoms with van der Waals surface area (Å²) in [5.41, 5.74) is 7.17. The van der Waals surface area contributed by atoms with Gasteiger partial charge in [-0.1, -0.05) is 0 Å². The Morgan fingerprint density at radius 2 is 1.38 bits per heavy atom. The molecule has 0 bridgehead atoms. The predicted octanol–water partition coefficient (Wildman–Crippen LogP) is 6.88. The van der Waals surface area contributed by atoms with Gasteiger partial charge in [0.2, 0.25) is 0 Å². The fraction of sp³-hybridized carbons (Fsp3) is 0.107. The Balaban J connectivity index is 1.83. The van der Waals surface area contributed by atoms with E-state index < -0.39 is 17.4 Å². The van der Waals surface area contributed by atoms with Gasteiger partial charge in [0.15, 0.2) is 0 Å². The van der Waals surface area contributed by atoms with Gasteiger partial charge < -0.3 is 0 Å². The van der Waals surface area contributed by atoms with Crippen LogP contribution in [0.1, 0.15) is 39.8 Å². The van der Waals surface area contributed by atoms with E-state index in [-0.39, 0.29) is 0 Å². The van der Waals surface area contributed by atoms with Gasteiger partial charge in [0.25, 0.3) is 0 Å². The Kier molecular flexibility index (Phi) is 5.14. The van der Waals surface area contributed by atoms with Crippen LogP contribution in [0.25, 0.3) is 6.08 Å². The minimum absolute atomic E-state index is 0.520. The van der Waals surface area contributed by atoms with Crippen molar-refractivity contribution in [3.05, 3.63) is 135 Å². The van der Waals surface area contributed by atoms with E-state index in [0.29, 0.717) is 4.22 Å². The van der Waals surface area contributed by atoms with Crippen molar-refractivity contribution in [2.24, 2.45) is 0 Å². The van der Waals surface area contributed by atoms with Gasteiger partial charge in [0.05, 0.1) is 0 Å². The van der Waals surface area contributed by atoms with Gasteiger partial charge in [-0.2, -0.15) is 0 Å². The van der Waals surface area contributed by atoms with Crippen LogP contribution in [0.3, 0.4) is 0 Å². The van der Waals surface area contributed by atoms with Crippen molar-refractivity contribution in [1.82, 2.24) is 0 Å². The van der Waals surface area contributed by atoms with Crippen LogP contribution >= 0.6 is 0 Å². The Hall–Kier alpha value is -2.54. The van der Waals surface area contributed by atoms with Crippen LogP contribution in [0.2, 0.25) is 0 Å². The average Bonchev–Trinajstić information content (AvgIpc) is 3.39. The predicted molar refractivity (Wildman–Crippen MR) is 121 cm³/mol. The fourth-order valence-corrected chi connectivity index (χ4v) is 10.3. The number of rotatable bonds is 4. The van der Waals surface area contributed by atoms with Gasteiger partial charge in [-0.3, -0.25) is 0 Å². The molecule has 0 saturated heterocycles. The van der Waals surface area contributed by atoms with Crippen molar-refractivity contribution in [3.63, 3.8) is 0 Å². The zero-order valence-corrected chi connectivity index (χ0v) is 18.2. The molecule has 0 N–H and O–H groups in total. The first-order valence-electron chi connectivity index (χ1n) is 10.3. The maximum absolute atomic E-state index is 2.49. The third-order valence-corrected chi connectivity index (χ3v) is 11.4. The van der Waals surface area contributed by atoms with E-state index in [1.165, 1.54) is 27.8 Å². The molecule has 0 aliphatic heterocycles. The summed E-state index contributed by atoms with van der Waals surface area (Å²) in [4.78, 5) is 0. The normalized spacial score (nSPS) is 16.9. The number of fused-ring (bicyclic) bond motifs is 1. The summed E-state index contributed by atoms with van der Waals surface area (Å²) in [7, 11) is 0. The van der Waals surface area contributed by atoms with Crippen molar-refractivity contribution in [2.45, 2.75) is 17.6 Å². The molecule has 140 valence electrons. The van der Waals surface area contributed by atoms with E-state index in [0.717, 1.165) is 6.42 Å². The Morgan fingerprint density at radius 3 is 2.00 bits per heavy atom. The van der Waals surface area contributed by atoms with Crippen molar-refractivity contribution in [2.75, 3.05) is 0 Å². The van der Waals surface area contributed by atoms with Crippen LogP contribution < -0.4 is 0 Å². The molecule has 0 aromatic heterocycles. The summed E-state index contributed by atoms with van der Waals surface area (Å²) >= 11 is -1.93. The molecule has 29 heavy (non-hydrogen) atoms.